The molecule has 0 spiro atoms. The van der Waals surface area contributed by atoms with Crippen LogP contribution < -0.4 is 5.32 Å². The number of carbonyl (C=O) groups is 1. The summed E-state index contributed by atoms with van der Waals surface area (Å²) in [6.07, 6.45) is 4.93. The van der Waals surface area contributed by atoms with Crippen molar-refractivity contribution in [3.05, 3.63) is 47.8 Å². The van der Waals surface area contributed by atoms with Gasteiger partial charge in [-0.15, -0.1) is 11.3 Å². The van der Waals surface area contributed by atoms with E-state index in [9.17, 15) is 4.79 Å². The highest BCUT2D eigenvalue weighted by Gasteiger charge is 2.23. The predicted octanol–water partition coefficient (Wildman–Crippen LogP) is 5.14. The van der Waals surface area contributed by atoms with E-state index in [4.69, 9.17) is 0 Å². The molecule has 0 aliphatic carbocycles. The average Bonchev–Trinajstić information content (AvgIpc) is 3.35. The lowest BCUT2D eigenvalue weighted by Crippen LogP contribution is -2.44. The molecule has 1 aliphatic rings. The number of aromatic nitrogens is 1. The van der Waals surface area contributed by atoms with Crippen molar-refractivity contribution >= 4 is 28.1 Å². The van der Waals surface area contributed by atoms with E-state index >= 15 is 0 Å². The normalized spacial score (nSPS) is 20.2. The lowest BCUT2D eigenvalue weighted by molar-refractivity contribution is -0.121. The van der Waals surface area contributed by atoms with E-state index in [2.05, 4.69) is 64.3 Å². The summed E-state index contributed by atoms with van der Waals surface area (Å²) in [4.78, 5) is 16.5. The van der Waals surface area contributed by atoms with Crippen molar-refractivity contribution in [3.8, 4) is 10.6 Å². The number of amides is 1. The third kappa shape index (κ3) is 4.57. The van der Waals surface area contributed by atoms with Crippen LogP contribution in [0.1, 0.15) is 39.5 Å². The first-order valence-electron chi connectivity index (χ1n) is 10.8. The summed E-state index contributed by atoms with van der Waals surface area (Å²) in [6, 6.07) is 16.0. The van der Waals surface area contributed by atoms with Crippen LogP contribution in [0.25, 0.3) is 21.5 Å². The van der Waals surface area contributed by atoms with Gasteiger partial charge < -0.3 is 9.88 Å². The topological polar surface area (TPSA) is 37.3 Å². The van der Waals surface area contributed by atoms with Gasteiger partial charge in [-0.1, -0.05) is 30.7 Å². The first-order chi connectivity index (χ1) is 14.1. The summed E-state index contributed by atoms with van der Waals surface area (Å²) in [5, 5.41) is 6.41. The van der Waals surface area contributed by atoms with Gasteiger partial charge in [0.2, 0.25) is 5.91 Å². The molecule has 4 nitrogen and oxygen atoms in total. The molecular weight excluding hydrogens is 378 g/mol. The second-order valence-corrected chi connectivity index (χ2v) is 9.17. The van der Waals surface area contributed by atoms with E-state index in [1.807, 2.05) is 12.1 Å². The summed E-state index contributed by atoms with van der Waals surface area (Å²) < 4.78 is 2.14. The second-order valence-electron chi connectivity index (χ2n) is 8.22. The third-order valence-corrected chi connectivity index (χ3v) is 7.07. The molecule has 2 aromatic heterocycles. The summed E-state index contributed by atoms with van der Waals surface area (Å²) in [6.45, 7) is 6.82. The van der Waals surface area contributed by atoms with Crippen LogP contribution in [0.2, 0.25) is 0 Å². The van der Waals surface area contributed by atoms with Crippen molar-refractivity contribution in [2.45, 2.75) is 58.2 Å². The molecule has 5 heteroatoms. The lowest BCUT2D eigenvalue weighted by Gasteiger charge is -2.39. The monoisotopic (exact) mass is 409 g/mol. The molecule has 1 aliphatic heterocycles. The lowest BCUT2D eigenvalue weighted by atomic mass is 9.97. The van der Waals surface area contributed by atoms with Crippen LogP contribution in [-0.4, -0.2) is 40.5 Å². The van der Waals surface area contributed by atoms with E-state index in [1.54, 1.807) is 11.3 Å². The first-order valence-corrected chi connectivity index (χ1v) is 11.7. The van der Waals surface area contributed by atoms with E-state index in [0.717, 1.165) is 30.7 Å². The maximum absolute atomic E-state index is 12.7. The predicted molar refractivity (Wildman–Crippen MR) is 122 cm³/mol. The summed E-state index contributed by atoms with van der Waals surface area (Å²) in [5.41, 5.74) is 2.23. The fourth-order valence-corrected chi connectivity index (χ4v) is 5.36. The Bertz CT molecular complexity index is 936. The van der Waals surface area contributed by atoms with Crippen LogP contribution in [-0.2, 0) is 11.3 Å². The van der Waals surface area contributed by atoms with Gasteiger partial charge in [-0.3, -0.25) is 9.69 Å². The SMILES string of the molecule is CC1CCCC(C)N1CCCNC(=O)Cn1c(-c2cccs2)cc2ccccc21. The molecule has 3 aromatic rings. The van der Waals surface area contributed by atoms with Gasteiger partial charge in [-0.25, -0.2) is 0 Å². The number of nitrogens with one attached hydrogen (secondary N) is 1. The van der Waals surface area contributed by atoms with Crippen molar-refractivity contribution < 1.29 is 4.79 Å². The van der Waals surface area contributed by atoms with Gasteiger partial charge in [0.05, 0.1) is 10.6 Å². The number of hydrogen-bond donors (Lipinski definition) is 1. The molecule has 1 saturated heterocycles. The van der Waals surface area contributed by atoms with Gasteiger partial charge in [-0.2, -0.15) is 0 Å². The molecule has 154 valence electrons. The van der Waals surface area contributed by atoms with Crippen LogP contribution >= 0.6 is 11.3 Å². The Hall–Kier alpha value is -2.11. The van der Waals surface area contributed by atoms with Gasteiger partial charge in [0.25, 0.3) is 0 Å². The van der Waals surface area contributed by atoms with Crippen LogP contribution in [0.3, 0.4) is 0 Å². The number of rotatable bonds is 7. The third-order valence-electron chi connectivity index (χ3n) is 6.18. The van der Waals surface area contributed by atoms with Crippen LogP contribution in [0, 0.1) is 0 Å². The van der Waals surface area contributed by atoms with Gasteiger partial charge in [0.1, 0.15) is 6.54 Å². The number of benzene rings is 1. The second kappa shape index (κ2) is 9.14. The number of hydrogen-bond acceptors (Lipinski definition) is 3. The Morgan fingerprint density at radius 3 is 2.69 bits per heavy atom. The Kier molecular flexibility index (Phi) is 6.36. The summed E-state index contributed by atoms with van der Waals surface area (Å²) in [7, 11) is 0. The van der Waals surface area contributed by atoms with Crippen molar-refractivity contribution in [1.29, 1.82) is 0 Å². The zero-order valence-corrected chi connectivity index (χ0v) is 18.3. The van der Waals surface area contributed by atoms with E-state index in [-0.39, 0.29) is 5.91 Å². The largest absolute Gasteiger partial charge is 0.355 e. The van der Waals surface area contributed by atoms with E-state index in [0.29, 0.717) is 18.6 Å². The highest BCUT2D eigenvalue weighted by Crippen LogP contribution is 2.31. The van der Waals surface area contributed by atoms with Crippen molar-refractivity contribution in [1.82, 2.24) is 14.8 Å². The first kappa shape index (κ1) is 20.2. The van der Waals surface area contributed by atoms with Gasteiger partial charge in [-0.05, 0) is 56.7 Å². The van der Waals surface area contributed by atoms with E-state index < -0.39 is 0 Å². The number of thiophene rings is 1. The minimum atomic E-state index is 0.0869. The summed E-state index contributed by atoms with van der Waals surface area (Å²) in [5.74, 6) is 0.0869. The smallest absolute Gasteiger partial charge is 0.239 e. The molecule has 1 fully saturated rings. The molecular formula is C24H31N3OS. The number of nitrogens with zero attached hydrogens (tertiary/aromatic N) is 2. The minimum Gasteiger partial charge on any atom is -0.355 e. The molecule has 0 saturated carbocycles. The quantitative estimate of drug-likeness (QED) is 0.549. The fraction of sp³-hybridized carbons (Fsp3) is 0.458. The molecule has 2 atom stereocenters. The van der Waals surface area contributed by atoms with Crippen molar-refractivity contribution in [2.75, 3.05) is 13.1 Å². The average molecular weight is 410 g/mol. The molecule has 1 aromatic carbocycles. The van der Waals surface area contributed by atoms with Crippen molar-refractivity contribution in [2.24, 2.45) is 0 Å². The maximum atomic E-state index is 12.7. The Morgan fingerprint density at radius 1 is 1.14 bits per heavy atom. The number of fused-ring (bicyclic) bond motifs is 1. The number of carbonyl (C=O) groups excluding carboxylic acids is 1. The molecule has 1 N–H and O–H groups in total. The van der Waals surface area contributed by atoms with Crippen LogP contribution in [0.15, 0.2) is 47.8 Å². The zero-order chi connectivity index (χ0) is 20.2. The fourth-order valence-electron chi connectivity index (χ4n) is 4.61. The number of piperidine rings is 1. The standard InChI is InChI=1S/C24H31N3OS/c1-18-8-5-9-19(2)26(18)14-7-13-25-24(28)17-27-21-11-4-3-10-20(21)16-22(27)23-12-6-15-29-23/h3-4,6,10-12,15-16,18-19H,5,7-9,13-14,17H2,1-2H3,(H,25,28). The zero-order valence-electron chi connectivity index (χ0n) is 17.4. The molecule has 2 unspecified atom stereocenters. The molecule has 29 heavy (non-hydrogen) atoms. The van der Waals surface area contributed by atoms with Crippen molar-refractivity contribution in [3.63, 3.8) is 0 Å². The van der Waals surface area contributed by atoms with Crippen LogP contribution in [0.5, 0.6) is 0 Å². The van der Waals surface area contributed by atoms with Gasteiger partial charge in [0, 0.05) is 36.1 Å². The number of para-hydroxylation sites is 1. The summed E-state index contributed by atoms with van der Waals surface area (Å²) >= 11 is 1.71. The molecule has 1 amide bonds. The maximum Gasteiger partial charge on any atom is 0.239 e. The van der Waals surface area contributed by atoms with Crippen LogP contribution in [0.4, 0.5) is 0 Å². The van der Waals surface area contributed by atoms with E-state index in [1.165, 1.54) is 29.5 Å². The molecule has 4 rings (SSSR count). The molecule has 0 radical (unpaired) electrons. The molecule has 3 heterocycles. The Balaban J connectivity index is 1.37. The highest BCUT2D eigenvalue weighted by atomic mass is 32.1. The Labute approximate surface area is 177 Å². The Morgan fingerprint density at radius 2 is 1.93 bits per heavy atom. The minimum absolute atomic E-state index is 0.0869. The van der Waals surface area contributed by atoms with Gasteiger partial charge >= 0.3 is 0 Å². The molecule has 0 bridgehead atoms. The van der Waals surface area contributed by atoms with Gasteiger partial charge in [0.15, 0.2) is 0 Å². The number of likely N-dealkylation sites (tertiary alicyclic amines) is 1. The highest BCUT2D eigenvalue weighted by molar-refractivity contribution is 7.13.